The third-order valence-electron chi connectivity index (χ3n) is 3.96. The molecule has 1 aromatic rings. The van der Waals surface area contributed by atoms with Crippen LogP contribution in [0.1, 0.15) is 42.5 Å². The van der Waals surface area contributed by atoms with Gasteiger partial charge in [0.05, 0.1) is 6.61 Å². The number of hydrogen-bond acceptors (Lipinski definition) is 4. The standard InChI is InChI=1S/C17H26N2O3.ClH/c1-21-10-3-11-22-16-5-2-4-13(12-16)17(20)19-15-8-6-14(18)7-9-15;/h2,4-5,12,14-15H,3,6-11,18H2,1H3,(H,19,20);1H. The van der Waals surface area contributed by atoms with Gasteiger partial charge in [-0.2, -0.15) is 0 Å². The summed E-state index contributed by atoms with van der Waals surface area (Å²) in [6.45, 7) is 1.25. The van der Waals surface area contributed by atoms with Crippen molar-refractivity contribution < 1.29 is 14.3 Å². The fourth-order valence-electron chi connectivity index (χ4n) is 2.65. The fraction of sp³-hybridized carbons (Fsp3) is 0.588. The molecule has 0 heterocycles. The average Bonchev–Trinajstić information content (AvgIpc) is 2.54. The lowest BCUT2D eigenvalue weighted by atomic mass is 9.91. The Kier molecular flexibility index (Phi) is 8.99. The van der Waals surface area contributed by atoms with Crippen LogP contribution in [0.25, 0.3) is 0 Å². The summed E-state index contributed by atoms with van der Waals surface area (Å²) in [5.41, 5.74) is 6.53. The Labute approximate surface area is 144 Å². The summed E-state index contributed by atoms with van der Waals surface area (Å²) >= 11 is 0. The first-order valence-corrected chi connectivity index (χ1v) is 7.97. The molecule has 0 bridgehead atoms. The molecule has 2 rings (SSSR count). The Morgan fingerprint density at radius 2 is 2.00 bits per heavy atom. The molecule has 23 heavy (non-hydrogen) atoms. The van der Waals surface area contributed by atoms with E-state index in [-0.39, 0.29) is 30.4 Å². The first kappa shape index (κ1) is 19.7. The van der Waals surface area contributed by atoms with Crippen molar-refractivity contribution in [2.24, 2.45) is 5.73 Å². The topological polar surface area (TPSA) is 73.6 Å². The minimum absolute atomic E-state index is 0. The molecule has 1 fully saturated rings. The second-order valence-corrected chi connectivity index (χ2v) is 5.81. The quantitative estimate of drug-likeness (QED) is 0.747. The van der Waals surface area contributed by atoms with E-state index in [9.17, 15) is 4.79 Å². The van der Waals surface area contributed by atoms with E-state index in [1.165, 1.54) is 0 Å². The van der Waals surface area contributed by atoms with E-state index in [1.807, 2.05) is 18.2 Å². The van der Waals surface area contributed by atoms with E-state index >= 15 is 0 Å². The lowest BCUT2D eigenvalue weighted by Crippen LogP contribution is -2.40. The van der Waals surface area contributed by atoms with Crippen LogP contribution in [0.5, 0.6) is 5.75 Å². The number of carbonyl (C=O) groups is 1. The van der Waals surface area contributed by atoms with Crippen molar-refractivity contribution >= 4 is 18.3 Å². The summed E-state index contributed by atoms with van der Waals surface area (Å²) in [5.74, 6) is 0.678. The maximum atomic E-state index is 12.3. The molecule has 0 aromatic heterocycles. The van der Waals surface area contributed by atoms with Crippen molar-refractivity contribution in [3.8, 4) is 5.75 Å². The Morgan fingerprint density at radius 1 is 1.26 bits per heavy atom. The zero-order valence-electron chi connectivity index (χ0n) is 13.6. The van der Waals surface area contributed by atoms with Gasteiger partial charge in [-0.1, -0.05) is 6.07 Å². The van der Waals surface area contributed by atoms with E-state index in [0.717, 1.165) is 37.9 Å². The summed E-state index contributed by atoms with van der Waals surface area (Å²) in [6.07, 6.45) is 4.71. The van der Waals surface area contributed by atoms with Crippen LogP contribution in [-0.2, 0) is 4.74 Å². The number of nitrogens with one attached hydrogen (secondary N) is 1. The van der Waals surface area contributed by atoms with Crippen LogP contribution in [0.15, 0.2) is 24.3 Å². The zero-order valence-corrected chi connectivity index (χ0v) is 14.4. The van der Waals surface area contributed by atoms with Gasteiger partial charge >= 0.3 is 0 Å². The van der Waals surface area contributed by atoms with E-state index in [1.54, 1.807) is 13.2 Å². The van der Waals surface area contributed by atoms with Gasteiger partial charge in [0.2, 0.25) is 0 Å². The summed E-state index contributed by atoms with van der Waals surface area (Å²) in [6, 6.07) is 7.83. The fourth-order valence-corrected chi connectivity index (χ4v) is 2.65. The van der Waals surface area contributed by atoms with Crippen molar-refractivity contribution in [1.29, 1.82) is 0 Å². The van der Waals surface area contributed by atoms with Crippen LogP contribution in [0.4, 0.5) is 0 Å². The Morgan fingerprint density at radius 3 is 2.70 bits per heavy atom. The highest BCUT2D eigenvalue weighted by molar-refractivity contribution is 5.94. The molecule has 0 radical (unpaired) electrons. The van der Waals surface area contributed by atoms with E-state index < -0.39 is 0 Å². The molecule has 3 N–H and O–H groups in total. The predicted molar refractivity (Wildman–Crippen MR) is 93.4 cm³/mol. The first-order chi connectivity index (χ1) is 10.7. The van der Waals surface area contributed by atoms with Gasteiger partial charge in [0.15, 0.2) is 0 Å². The molecule has 1 aliphatic carbocycles. The smallest absolute Gasteiger partial charge is 0.251 e. The maximum absolute atomic E-state index is 12.3. The van der Waals surface area contributed by atoms with Crippen molar-refractivity contribution in [3.05, 3.63) is 29.8 Å². The molecular weight excluding hydrogens is 316 g/mol. The molecule has 0 atom stereocenters. The summed E-state index contributed by atoms with van der Waals surface area (Å²) in [7, 11) is 1.67. The van der Waals surface area contributed by atoms with Crippen molar-refractivity contribution in [2.75, 3.05) is 20.3 Å². The highest BCUT2D eigenvalue weighted by atomic mass is 35.5. The van der Waals surface area contributed by atoms with E-state index in [0.29, 0.717) is 18.8 Å². The number of benzene rings is 1. The normalized spacial score (nSPS) is 20.4. The molecule has 1 saturated carbocycles. The number of amides is 1. The minimum atomic E-state index is -0.0391. The molecule has 0 aliphatic heterocycles. The Bertz CT molecular complexity index is 477. The highest BCUT2D eigenvalue weighted by Gasteiger charge is 2.20. The summed E-state index contributed by atoms with van der Waals surface area (Å²) in [5, 5.41) is 3.09. The Balaban J connectivity index is 0.00000264. The molecule has 1 amide bonds. The highest BCUT2D eigenvalue weighted by Crippen LogP contribution is 2.18. The molecule has 1 aromatic carbocycles. The second-order valence-electron chi connectivity index (χ2n) is 5.81. The van der Waals surface area contributed by atoms with Crippen molar-refractivity contribution in [3.63, 3.8) is 0 Å². The van der Waals surface area contributed by atoms with Crippen LogP contribution < -0.4 is 15.8 Å². The van der Waals surface area contributed by atoms with Crippen LogP contribution in [-0.4, -0.2) is 38.3 Å². The van der Waals surface area contributed by atoms with Gasteiger partial charge in [0.25, 0.3) is 5.91 Å². The largest absolute Gasteiger partial charge is 0.493 e. The molecule has 0 spiro atoms. The van der Waals surface area contributed by atoms with Crippen LogP contribution in [0, 0.1) is 0 Å². The third kappa shape index (κ3) is 6.77. The van der Waals surface area contributed by atoms with Crippen molar-refractivity contribution in [2.45, 2.75) is 44.2 Å². The molecule has 130 valence electrons. The molecule has 1 aliphatic rings. The zero-order chi connectivity index (χ0) is 15.8. The minimum Gasteiger partial charge on any atom is -0.493 e. The van der Waals surface area contributed by atoms with Gasteiger partial charge in [0, 0.05) is 37.8 Å². The number of methoxy groups -OCH3 is 1. The van der Waals surface area contributed by atoms with Gasteiger partial charge in [0.1, 0.15) is 5.75 Å². The summed E-state index contributed by atoms with van der Waals surface area (Å²) in [4.78, 5) is 12.3. The van der Waals surface area contributed by atoms with Gasteiger partial charge in [-0.15, -0.1) is 12.4 Å². The molecule has 0 saturated heterocycles. The molecule has 5 nitrogen and oxygen atoms in total. The van der Waals surface area contributed by atoms with Gasteiger partial charge in [-0.3, -0.25) is 4.79 Å². The monoisotopic (exact) mass is 342 g/mol. The average molecular weight is 343 g/mol. The number of nitrogens with two attached hydrogens (primary N) is 1. The van der Waals surface area contributed by atoms with Gasteiger partial charge in [-0.25, -0.2) is 0 Å². The van der Waals surface area contributed by atoms with Crippen LogP contribution >= 0.6 is 12.4 Å². The predicted octanol–water partition coefficient (Wildman–Crippen LogP) is 2.52. The number of halogens is 1. The molecule has 0 unspecified atom stereocenters. The van der Waals surface area contributed by atoms with E-state index in [4.69, 9.17) is 15.2 Å². The second kappa shape index (κ2) is 10.5. The molecule has 6 heteroatoms. The SMILES string of the molecule is COCCCOc1cccc(C(=O)NC2CCC(N)CC2)c1.Cl. The molecular formula is C17H27ClN2O3. The number of hydrogen-bond donors (Lipinski definition) is 2. The van der Waals surface area contributed by atoms with Gasteiger partial charge in [-0.05, 0) is 43.9 Å². The Hall–Kier alpha value is -1.30. The van der Waals surface area contributed by atoms with E-state index in [2.05, 4.69) is 5.32 Å². The number of rotatable bonds is 7. The summed E-state index contributed by atoms with van der Waals surface area (Å²) < 4.78 is 10.6. The number of ether oxygens (including phenoxy) is 2. The lowest BCUT2D eigenvalue weighted by Gasteiger charge is -2.26. The van der Waals surface area contributed by atoms with Crippen LogP contribution in [0.2, 0.25) is 0 Å². The van der Waals surface area contributed by atoms with Crippen LogP contribution in [0.3, 0.4) is 0 Å². The number of carbonyl (C=O) groups excluding carboxylic acids is 1. The third-order valence-corrected chi connectivity index (χ3v) is 3.96. The van der Waals surface area contributed by atoms with Gasteiger partial charge < -0.3 is 20.5 Å². The maximum Gasteiger partial charge on any atom is 0.251 e. The van der Waals surface area contributed by atoms with Crippen molar-refractivity contribution in [1.82, 2.24) is 5.32 Å². The lowest BCUT2D eigenvalue weighted by molar-refractivity contribution is 0.0925. The first-order valence-electron chi connectivity index (χ1n) is 7.97.